The van der Waals surface area contributed by atoms with E-state index in [0.29, 0.717) is 25.8 Å². The van der Waals surface area contributed by atoms with Crippen molar-refractivity contribution < 1.29 is 24.3 Å². The minimum absolute atomic E-state index is 0.0963. The van der Waals surface area contributed by atoms with Crippen LogP contribution in [-0.2, 0) is 25.6 Å². The molecule has 0 saturated heterocycles. The molecule has 13 heteroatoms. The van der Waals surface area contributed by atoms with Crippen molar-refractivity contribution in [3.05, 3.63) is 35.9 Å². The van der Waals surface area contributed by atoms with E-state index in [1.807, 2.05) is 6.07 Å². The average molecular weight is 507 g/mol. The molecule has 12 N–H and O–H groups in total. The molecule has 3 amide bonds. The summed E-state index contributed by atoms with van der Waals surface area (Å²) in [6.07, 6.45) is 2.01. The number of guanidine groups is 1. The van der Waals surface area contributed by atoms with Gasteiger partial charge < -0.3 is 44.0 Å². The minimum Gasteiger partial charge on any atom is -0.480 e. The molecule has 0 aliphatic rings. The van der Waals surface area contributed by atoms with Gasteiger partial charge in [-0.15, -0.1) is 0 Å². The first-order chi connectivity index (χ1) is 17.2. The number of carbonyl (C=O) groups is 4. The highest BCUT2D eigenvalue weighted by Gasteiger charge is 2.29. The molecule has 200 valence electrons. The van der Waals surface area contributed by atoms with Crippen molar-refractivity contribution in [3.8, 4) is 0 Å². The third kappa shape index (κ3) is 12.1. The number of amides is 3. The number of carboxylic acid groups (broad SMARTS) is 1. The molecular formula is C23H38N8O5. The van der Waals surface area contributed by atoms with Crippen LogP contribution in [-0.4, -0.2) is 72.5 Å². The third-order valence-corrected chi connectivity index (χ3v) is 5.26. The number of unbranched alkanes of at least 4 members (excludes halogenated alkanes) is 1. The van der Waals surface area contributed by atoms with Gasteiger partial charge in [0.1, 0.15) is 18.1 Å². The molecule has 0 aliphatic heterocycles. The van der Waals surface area contributed by atoms with E-state index in [1.54, 1.807) is 24.3 Å². The van der Waals surface area contributed by atoms with Crippen LogP contribution in [0.5, 0.6) is 0 Å². The smallest absolute Gasteiger partial charge is 0.326 e. The molecule has 0 aliphatic carbocycles. The lowest BCUT2D eigenvalue weighted by Crippen LogP contribution is -2.56. The quantitative estimate of drug-likeness (QED) is 0.0655. The van der Waals surface area contributed by atoms with Gasteiger partial charge in [0, 0.05) is 13.0 Å². The number of carboxylic acids is 1. The van der Waals surface area contributed by atoms with E-state index >= 15 is 0 Å². The topological polar surface area (TPSA) is 241 Å². The number of nitrogens with one attached hydrogen (secondary N) is 3. The van der Waals surface area contributed by atoms with Gasteiger partial charge in [0.05, 0.1) is 6.54 Å². The second-order valence-corrected chi connectivity index (χ2v) is 8.21. The Kier molecular flexibility index (Phi) is 14.2. The predicted molar refractivity (Wildman–Crippen MR) is 135 cm³/mol. The maximum Gasteiger partial charge on any atom is 0.326 e. The van der Waals surface area contributed by atoms with E-state index in [0.717, 1.165) is 5.56 Å². The Balaban J connectivity index is 3.03. The zero-order valence-corrected chi connectivity index (χ0v) is 20.3. The van der Waals surface area contributed by atoms with Crippen LogP contribution >= 0.6 is 0 Å². The molecular weight excluding hydrogens is 468 g/mol. The van der Waals surface area contributed by atoms with Gasteiger partial charge in [-0.3, -0.25) is 19.4 Å². The van der Waals surface area contributed by atoms with Crippen LogP contribution in [0.25, 0.3) is 0 Å². The maximum atomic E-state index is 13.1. The summed E-state index contributed by atoms with van der Waals surface area (Å²) in [4.78, 5) is 53.6. The van der Waals surface area contributed by atoms with E-state index in [9.17, 15) is 24.3 Å². The SMILES string of the molecule is NCCCC[C@H](NC(=O)[C@H](Cc1ccccc1)NC(=O)[C@H](CCCN=C(N)N)NC(=O)CN)C(=O)O. The Morgan fingerprint density at radius 2 is 1.44 bits per heavy atom. The summed E-state index contributed by atoms with van der Waals surface area (Å²) in [5, 5.41) is 17.2. The molecule has 1 aromatic carbocycles. The lowest BCUT2D eigenvalue weighted by molar-refractivity contribution is -0.142. The molecule has 0 spiro atoms. The van der Waals surface area contributed by atoms with Gasteiger partial charge in [-0.25, -0.2) is 4.79 Å². The maximum absolute atomic E-state index is 13.1. The normalized spacial score (nSPS) is 13.1. The molecule has 0 bridgehead atoms. The summed E-state index contributed by atoms with van der Waals surface area (Å²) in [5.74, 6) is -3.10. The van der Waals surface area contributed by atoms with E-state index < -0.39 is 41.8 Å². The Morgan fingerprint density at radius 3 is 2.03 bits per heavy atom. The molecule has 0 heterocycles. The van der Waals surface area contributed by atoms with Crippen molar-refractivity contribution in [1.82, 2.24) is 16.0 Å². The second kappa shape index (κ2) is 16.8. The zero-order chi connectivity index (χ0) is 26.9. The van der Waals surface area contributed by atoms with Gasteiger partial charge in [-0.05, 0) is 44.2 Å². The van der Waals surface area contributed by atoms with Crippen LogP contribution in [0.1, 0.15) is 37.7 Å². The lowest BCUT2D eigenvalue weighted by Gasteiger charge is -2.24. The fraction of sp³-hybridized carbons (Fsp3) is 0.522. The number of nitrogens with two attached hydrogens (primary N) is 4. The number of rotatable bonds is 17. The second-order valence-electron chi connectivity index (χ2n) is 8.21. The number of hydrogen-bond acceptors (Lipinski definition) is 7. The van der Waals surface area contributed by atoms with Gasteiger partial charge in [-0.2, -0.15) is 0 Å². The van der Waals surface area contributed by atoms with Crippen molar-refractivity contribution in [3.63, 3.8) is 0 Å². The molecule has 1 rings (SSSR count). The number of aliphatic carboxylic acids is 1. The van der Waals surface area contributed by atoms with E-state index in [-0.39, 0.29) is 38.3 Å². The van der Waals surface area contributed by atoms with Crippen molar-refractivity contribution in [1.29, 1.82) is 0 Å². The summed E-state index contributed by atoms with van der Waals surface area (Å²) in [6.45, 7) is 0.322. The van der Waals surface area contributed by atoms with Crippen LogP contribution in [0.2, 0.25) is 0 Å². The van der Waals surface area contributed by atoms with Gasteiger partial charge in [-0.1, -0.05) is 30.3 Å². The van der Waals surface area contributed by atoms with Crippen molar-refractivity contribution in [2.75, 3.05) is 19.6 Å². The Morgan fingerprint density at radius 1 is 0.833 bits per heavy atom. The summed E-state index contributed by atoms with van der Waals surface area (Å²) in [7, 11) is 0. The standard InChI is InChI=1S/C23H38N8O5/c24-11-5-4-9-17(22(35)36)30-21(34)18(13-15-7-2-1-3-8-15)31-20(33)16(29-19(32)14-25)10-6-12-28-23(26)27/h1-3,7-8,16-18H,4-6,9-14,24-25H2,(H,29,32)(H,30,34)(H,31,33)(H,35,36)(H4,26,27,28)/t16-,17-,18-/m0/s1. The number of benzene rings is 1. The largest absolute Gasteiger partial charge is 0.480 e. The van der Waals surface area contributed by atoms with Gasteiger partial charge in [0.2, 0.25) is 17.7 Å². The fourth-order valence-electron chi connectivity index (χ4n) is 3.38. The first-order valence-electron chi connectivity index (χ1n) is 11.8. The van der Waals surface area contributed by atoms with E-state index in [4.69, 9.17) is 22.9 Å². The minimum atomic E-state index is -1.18. The van der Waals surface area contributed by atoms with Crippen LogP contribution in [0.15, 0.2) is 35.3 Å². The molecule has 3 atom stereocenters. The Bertz CT molecular complexity index is 877. The zero-order valence-electron chi connectivity index (χ0n) is 20.3. The van der Waals surface area contributed by atoms with Crippen molar-refractivity contribution in [2.45, 2.75) is 56.7 Å². The molecule has 0 aromatic heterocycles. The monoisotopic (exact) mass is 506 g/mol. The van der Waals surface area contributed by atoms with Gasteiger partial charge in [0.25, 0.3) is 0 Å². The molecule has 0 fully saturated rings. The number of aliphatic imine (C=N–C) groups is 1. The molecule has 0 saturated carbocycles. The summed E-state index contributed by atoms with van der Waals surface area (Å²) in [5.41, 5.74) is 22.2. The summed E-state index contributed by atoms with van der Waals surface area (Å²) in [6, 6.07) is 5.72. The Hall–Kier alpha value is -3.71. The van der Waals surface area contributed by atoms with E-state index in [2.05, 4.69) is 20.9 Å². The van der Waals surface area contributed by atoms with Gasteiger partial charge >= 0.3 is 5.97 Å². The highest BCUT2D eigenvalue weighted by atomic mass is 16.4. The van der Waals surface area contributed by atoms with Crippen molar-refractivity contribution in [2.24, 2.45) is 27.9 Å². The fourth-order valence-corrected chi connectivity index (χ4v) is 3.38. The summed E-state index contributed by atoms with van der Waals surface area (Å²) < 4.78 is 0. The molecule has 36 heavy (non-hydrogen) atoms. The van der Waals surface area contributed by atoms with E-state index in [1.165, 1.54) is 0 Å². The highest BCUT2D eigenvalue weighted by Crippen LogP contribution is 2.08. The molecule has 0 unspecified atom stereocenters. The number of nitrogens with zero attached hydrogens (tertiary/aromatic N) is 1. The molecule has 1 aromatic rings. The predicted octanol–water partition coefficient (Wildman–Crippen LogP) is -2.09. The molecule has 0 radical (unpaired) electrons. The average Bonchev–Trinajstić information content (AvgIpc) is 2.84. The summed E-state index contributed by atoms with van der Waals surface area (Å²) >= 11 is 0. The van der Waals surface area contributed by atoms with Crippen LogP contribution < -0.4 is 38.9 Å². The van der Waals surface area contributed by atoms with Crippen molar-refractivity contribution >= 4 is 29.7 Å². The number of carbonyl (C=O) groups excluding carboxylic acids is 3. The first-order valence-corrected chi connectivity index (χ1v) is 11.8. The number of hydrogen-bond donors (Lipinski definition) is 8. The molecule has 13 nitrogen and oxygen atoms in total. The highest BCUT2D eigenvalue weighted by molar-refractivity contribution is 5.93. The van der Waals surface area contributed by atoms with Gasteiger partial charge in [0.15, 0.2) is 5.96 Å². The third-order valence-electron chi connectivity index (χ3n) is 5.26. The van der Waals surface area contributed by atoms with Crippen LogP contribution in [0, 0.1) is 0 Å². The lowest BCUT2D eigenvalue weighted by atomic mass is 10.0. The Labute approximate surface area is 210 Å². The first kappa shape index (κ1) is 30.3. The van der Waals surface area contributed by atoms with Crippen LogP contribution in [0.4, 0.5) is 0 Å². The van der Waals surface area contributed by atoms with Crippen LogP contribution in [0.3, 0.4) is 0 Å².